The largest absolute Gasteiger partial charge is 0.385 e. The number of hydrogen-bond donors (Lipinski definition) is 3. The average Bonchev–Trinajstić information content (AvgIpc) is 3.45. The van der Waals surface area contributed by atoms with Gasteiger partial charge in [0.05, 0.1) is 23.8 Å². The van der Waals surface area contributed by atoms with Gasteiger partial charge in [-0.3, -0.25) is 19.0 Å². The molecule has 4 aromatic rings. The number of rotatable bonds is 6. The van der Waals surface area contributed by atoms with E-state index in [2.05, 4.69) is 36.2 Å². The second-order valence-corrected chi connectivity index (χ2v) is 8.55. The minimum absolute atomic E-state index is 0.0871. The van der Waals surface area contributed by atoms with Crippen molar-refractivity contribution in [3.63, 3.8) is 0 Å². The minimum atomic E-state index is -0.687. The van der Waals surface area contributed by atoms with E-state index in [0.29, 0.717) is 30.0 Å². The topological polar surface area (TPSA) is 151 Å². The van der Waals surface area contributed by atoms with Gasteiger partial charge in [0.1, 0.15) is 17.5 Å². The van der Waals surface area contributed by atoms with Crippen molar-refractivity contribution in [2.45, 2.75) is 19.4 Å². The Labute approximate surface area is 209 Å². The fourth-order valence-electron chi connectivity index (χ4n) is 4.02. The molecule has 0 aromatic carbocycles. The van der Waals surface area contributed by atoms with E-state index in [-0.39, 0.29) is 28.9 Å². The molecule has 0 spiro atoms. The third kappa shape index (κ3) is 4.44. The Kier molecular flexibility index (Phi) is 5.99. The van der Waals surface area contributed by atoms with Crippen molar-refractivity contribution < 1.29 is 14.0 Å². The Bertz CT molecular complexity index is 1580. The Hall–Kier alpha value is -4.88. The predicted molar refractivity (Wildman–Crippen MR) is 132 cm³/mol. The van der Waals surface area contributed by atoms with Gasteiger partial charge in [-0.15, -0.1) is 10.2 Å². The molecule has 0 saturated carbocycles. The summed E-state index contributed by atoms with van der Waals surface area (Å²) in [7, 11) is 3.33. The van der Waals surface area contributed by atoms with Crippen LogP contribution in [0.1, 0.15) is 22.6 Å². The molecule has 13 nitrogen and oxygen atoms in total. The number of aryl methyl sites for hydroxylation is 1. The summed E-state index contributed by atoms with van der Waals surface area (Å²) in [5, 5.41) is 20.8. The van der Waals surface area contributed by atoms with Crippen molar-refractivity contribution in [3.8, 4) is 5.82 Å². The van der Waals surface area contributed by atoms with Crippen LogP contribution in [-0.4, -0.2) is 72.8 Å². The van der Waals surface area contributed by atoms with Crippen molar-refractivity contribution in [1.82, 2.24) is 39.6 Å². The first-order chi connectivity index (χ1) is 17.7. The normalized spacial score (nSPS) is 15.3. The molecule has 1 saturated heterocycles. The van der Waals surface area contributed by atoms with Crippen LogP contribution in [-0.2, 0) is 4.79 Å². The Morgan fingerprint density at radius 1 is 1.16 bits per heavy atom. The van der Waals surface area contributed by atoms with Gasteiger partial charge in [-0.2, -0.15) is 5.10 Å². The summed E-state index contributed by atoms with van der Waals surface area (Å²) in [4.78, 5) is 44.1. The number of nitrogens with one attached hydrogen (secondary N) is 3. The molecule has 5 heterocycles. The summed E-state index contributed by atoms with van der Waals surface area (Å²) in [5.74, 6) is -1.09. The third-order valence-electron chi connectivity index (χ3n) is 5.98. The number of fused-ring (bicyclic) bond motifs is 1. The highest BCUT2D eigenvalue weighted by molar-refractivity contribution is 5.97. The lowest BCUT2D eigenvalue weighted by Gasteiger charge is -2.13. The van der Waals surface area contributed by atoms with Crippen LogP contribution in [0.4, 0.5) is 21.6 Å². The summed E-state index contributed by atoms with van der Waals surface area (Å²) in [6, 6.07) is 5.18. The number of likely N-dealkylation sites (N-methyl/N-ethyl adjacent to an activating group) is 1. The van der Waals surface area contributed by atoms with Gasteiger partial charge < -0.3 is 20.9 Å². The average molecular weight is 507 g/mol. The van der Waals surface area contributed by atoms with Crippen LogP contribution in [0.3, 0.4) is 0 Å². The predicted octanol–water partition coefficient (Wildman–Crippen LogP) is 0.864. The highest BCUT2D eigenvalue weighted by Crippen LogP contribution is 2.22. The smallest absolute Gasteiger partial charge is 0.280 e. The van der Waals surface area contributed by atoms with E-state index in [1.165, 1.54) is 10.7 Å². The number of halogens is 1. The fourth-order valence-corrected chi connectivity index (χ4v) is 4.02. The maximum atomic E-state index is 14.5. The molecule has 37 heavy (non-hydrogen) atoms. The van der Waals surface area contributed by atoms with Crippen LogP contribution in [0.5, 0.6) is 0 Å². The van der Waals surface area contributed by atoms with E-state index >= 15 is 0 Å². The molecule has 0 aliphatic carbocycles. The lowest BCUT2D eigenvalue weighted by molar-refractivity contribution is -0.128. The Morgan fingerprint density at radius 3 is 2.65 bits per heavy atom. The van der Waals surface area contributed by atoms with Gasteiger partial charge in [-0.25, -0.2) is 13.9 Å². The Balaban J connectivity index is 1.51. The third-order valence-corrected chi connectivity index (χ3v) is 5.98. The molecule has 0 unspecified atom stereocenters. The van der Waals surface area contributed by atoms with E-state index in [0.717, 1.165) is 16.8 Å². The summed E-state index contributed by atoms with van der Waals surface area (Å²) in [5.41, 5.74) is 0.883. The number of carbonyl (C=O) groups excluding carboxylic acids is 2. The molecule has 3 N–H and O–H groups in total. The molecule has 1 aliphatic heterocycles. The minimum Gasteiger partial charge on any atom is -0.385 e. The molecule has 5 rings (SSSR count). The summed E-state index contributed by atoms with van der Waals surface area (Å²) in [6.07, 6.45) is 2.86. The molecule has 2 amide bonds. The van der Waals surface area contributed by atoms with Crippen molar-refractivity contribution in [3.05, 3.63) is 64.2 Å². The lowest BCUT2D eigenvalue weighted by Crippen LogP contribution is -2.41. The lowest BCUT2D eigenvalue weighted by atomic mass is 10.2. The van der Waals surface area contributed by atoms with Gasteiger partial charge in [0.25, 0.3) is 11.5 Å². The molecule has 190 valence electrons. The molecular weight excluding hydrogens is 483 g/mol. The summed E-state index contributed by atoms with van der Waals surface area (Å²) < 4.78 is 16.8. The van der Waals surface area contributed by atoms with Gasteiger partial charge in [0.2, 0.25) is 5.91 Å². The van der Waals surface area contributed by atoms with Crippen LogP contribution < -0.4 is 21.5 Å². The quantitative estimate of drug-likeness (QED) is 0.346. The van der Waals surface area contributed by atoms with E-state index in [1.54, 1.807) is 44.1 Å². The standard InChI is InChI=1S/C23H23FN10O3/c1-12-4-5-19(30-29-12)33-11-13(24)8-16(23(33)37)27-18-9-15(25-2)20-26-10-17(34(20)31-18)21(35)28-14-6-7-32(3)22(14)36/h4-5,8-11,14,25H,6-7H2,1-3H3,(H,27,31)(H,28,35)/t14-/m1/s1. The molecule has 0 bridgehead atoms. The van der Waals surface area contributed by atoms with Crippen molar-refractivity contribution in [2.24, 2.45) is 0 Å². The van der Waals surface area contributed by atoms with Crippen molar-refractivity contribution in [1.29, 1.82) is 0 Å². The molecule has 14 heteroatoms. The van der Waals surface area contributed by atoms with E-state index < -0.39 is 23.3 Å². The van der Waals surface area contributed by atoms with E-state index in [1.807, 2.05) is 0 Å². The van der Waals surface area contributed by atoms with Crippen LogP contribution in [0.2, 0.25) is 0 Å². The first-order valence-corrected chi connectivity index (χ1v) is 11.4. The number of nitrogens with zero attached hydrogens (tertiary/aromatic N) is 7. The maximum Gasteiger partial charge on any atom is 0.280 e. The van der Waals surface area contributed by atoms with Gasteiger partial charge in [0.15, 0.2) is 23.0 Å². The first-order valence-electron chi connectivity index (χ1n) is 11.4. The van der Waals surface area contributed by atoms with Gasteiger partial charge in [0, 0.05) is 32.8 Å². The van der Waals surface area contributed by atoms with E-state index in [9.17, 15) is 18.8 Å². The number of amides is 2. The highest BCUT2D eigenvalue weighted by atomic mass is 19.1. The zero-order valence-electron chi connectivity index (χ0n) is 20.2. The van der Waals surface area contributed by atoms with E-state index in [4.69, 9.17) is 0 Å². The van der Waals surface area contributed by atoms with Crippen LogP contribution in [0, 0.1) is 12.7 Å². The van der Waals surface area contributed by atoms with Crippen LogP contribution in [0.15, 0.2) is 41.5 Å². The monoisotopic (exact) mass is 506 g/mol. The molecule has 1 atom stereocenters. The molecule has 0 radical (unpaired) electrons. The second-order valence-electron chi connectivity index (χ2n) is 8.55. The number of likely N-dealkylation sites (tertiary alicyclic amines) is 1. The summed E-state index contributed by atoms with van der Waals surface area (Å²) in [6.45, 7) is 2.29. The van der Waals surface area contributed by atoms with Crippen LogP contribution in [0.25, 0.3) is 11.5 Å². The molecule has 1 aliphatic rings. The molecular formula is C23H23FN10O3. The summed E-state index contributed by atoms with van der Waals surface area (Å²) >= 11 is 0. The zero-order chi connectivity index (χ0) is 26.3. The van der Waals surface area contributed by atoms with Crippen molar-refractivity contribution in [2.75, 3.05) is 31.3 Å². The highest BCUT2D eigenvalue weighted by Gasteiger charge is 2.31. The second kappa shape index (κ2) is 9.29. The number of anilines is 3. The van der Waals surface area contributed by atoms with Gasteiger partial charge >= 0.3 is 0 Å². The number of imidazole rings is 1. The number of carbonyl (C=O) groups is 2. The number of pyridine rings is 1. The molecule has 1 fully saturated rings. The molecule has 4 aromatic heterocycles. The maximum absolute atomic E-state index is 14.5. The van der Waals surface area contributed by atoms with Gasteiger partial charge in [-0.05, 0) is 25.5 Å². The fraction of sp³-hybridized carbons (Fsp3) is 0.261. The van der Waals surface area contributed by atoms with Crippen molar-refractivity contribution >= 4 is 34.7 Å². The Morgan fingerprint density at radius 2 is 1.97 bits per heavy atom. The van der Waals surface area contributed by atoms with Gasteiger partial charge in [-0.1, -0.05) is 0 Å². The zero-order valence-corrected chi connectivity index (χ0v) is 20.2. The number of hydrogen-bond acceptors (Lipinski definition) is 9. The van der Waals surface area contributed by atoms with Crippen LogP contribution >= 0.6 is 0 Å². The first kappa shape index (κ1) is 23.8. The number of aromatic nitrogens is 6. The SMILES string of the molecule is CNc1cc(Nc2cc(F)cn(-c3ccc(C)nn3)c2=O)nn2c(C(=O)N[C@@H]3CCN(C)C3=O)cnc12.